The fourth-order valence-electron chi connectivity index (χ4n) is 2.42. The second-order valence-corrected chi connectivity index (χ2v) is 5.65. The third-order valence-electron chi connectivity index (χ3n) is 3.81. The molecule has 124 valence electrons. The fraction of sp³-hybridized carbons (Fsp3) is 0.750. The van der Waals surface area contributed by atoms with Crippen LogP contribution in [0.4, 0.5) is 0 Å². The smallest absolute Gasteiger partial charge is 0.316 e. The second-order valence-electron chi connectivity index (χ2n) is 5.65. The lowest BCUT2D eigenvalue weighted by atomic mass is 9.97. The minimum Gasteiger partial charge on any atom is -0.465 e. The summed E-state index contributed by atoms with van der Waals surface area (Å²) in [7, 11) is 0. The molecule has 6 nitrogen and oxygen atoms in total. The Bertz CT molecular complexity index is 388. The third-order valence-corrected chi connectivity index (χ3v) is 3.81. The number of ether oxygens (including phenoxy) is 2. The highest BCUT2D eigenvalue weighted by Crippen LogP contribution is 2.16. The summed E-state index contributed by atoms with van der Waals surface area (Å²) in [6.45, 7) is 3.16. The average molecular weight is 312 g/mol. The van der Waals surface area contributed by atoms with Crippen LogP contribution in [0.5, 0.6) is 0 Å². The van der Waals surface area contributed by atoms with Crippen LogP contribution in [0.2, 0.25) is 0 Å². The van der Waals surface area contributed by atoms with Gasteiger partial charge in [-0.15, -0.1) is 0 Å². The summed E-state index contributed by atoms with van der Waals surface area (Å²) in [5.41, 5.74) is 0. The highest BCUT2D eigenvalue weighted by atomic mass is 16.5. The van der Waals surface area contributed by atoms with Crippen molar-refractivity contribution in [3.8, 4) is 0 Å². The van der Waals surface area contributed by atoms with E-state index >= 15 is 0 Å². The normalized spacial score (nSPS) is 25.5. The lowest BCUT2D eigenvalue weighted by Crippen LogP contribution is -2.27. The molecule has 1 heterocycles. The van der Waals surface area contributed by atoms with Crippen molar-refractivity contribution in [2.45, 2.75) is 52.4 Å². The van der Waals surface area contributed by atoms with Crippen molar-refractivity contribution in [2.75, 3.05) is 13.2 Å². The van der Waals surface area contributed by atoms with Crippen LogP contribution >= 0.6 is 0 Å². The molecule has 0 N–H and O–H groups in total. The number of ketones is 2. The van der Waals surface area contributed by atoms with Gasteiger partial charge in [-0.2, -0.15) is 0 Å². The Labute approximate surface area is 130 Å². The molecule has 0 aromatic rings. The number of Topliss-reactive ketones (excluding diaryl/α,β-unsaturated/α-hetero) is 2. The van der Waals surface area contributed by atoms with Gasteiger partial charge in [0.1, 0.15) is 23.4 Å². The molecule has 0 bridgehead atoms. The van der Waals surface area contributed by atoms with Crippen molar-refractivity contribution >= 4 is 23.5 Å². The topological polar surface area (TPSA) is 86.7 Å². The van der Waals surface area contributed by atoms with E-state index in [4.69, 9.17) is 9.47 Å². The lowest BCUT2D eigenvalue weighted by molar-refractivity contribution is -0.155. The number of rotatable bonds is 2. The first-order valence-electron chi connectivity index (χ1n) is 7.77. The molecule has 0 aromatic heterocycles. The van der Waals surface area contributed by atoms with Gasteiger partial charge in [0.15, 0.2) is 0 Å². The van der Waals surface area contributed by atoms with Crippen LogP contribution in [0.25, 0.3) is 0 Å². The maximum absolute atomic E-state index is 11.9. The molecule has 0 saturated carbocycles. The Hall–Kier alpha value is -1.72. The molecule has 2 unspecified atom stereocenters. The van der Waals surface area contributed by atoms with Gasteiger partial charge in [0.05, 0.1) is 13.2 Å². The molecule has 0 aliphatic carbocycles. The van der Waals surface area contributed by atoms with Crippen molar-refractivity contribution in [1.29, 1.82) is 0 Å². The molecule has 22 heavy (non-hydrogen) atoms. The molecule has 0 spiro atoms. The van der Waals surface area contributed by atoms with Crippen LogP contribution in [-0.2, 0) is 28.7 Å². The molecule has 1 rings (SSSR count). The fourth-order valence-corrected chi connectivity index (χ4v) is 2.42. The monoisotopic (exact) mass is 312 g/mol. The standard InChI is InChI=1S/C16H24O6/c1-11(17)13-7-3-5-10-22-16(20)14(12(2)18)8-4-6-9-21-15(13)19/h13-14H,3-10H2,1-2H3. The van der Waals surface area contributed by atoms with Gasteiger partial charge in [0, 0.05) is 0 Å². The lowest BCUT2D eigenvalue weighted by Gasteiger charge is -2.16. The van der Waals surface area contributed by atoms with E-state index in [0.29, 0.717) is 38.5 Å². The molecule has 1 saturated heterocycles. The second kappa shape index (κ2) is 9.33. The van der Waals surface area contributed by atoms with Crippen LogP contribution in [0.15, 0.2) is 0 Å². The molecule has 1 aliphatic heterocycles. The quantitative estimate of drug-likeness (QED) is 0.571. The van der Waals surface area contributed by atoms with Gasteiger partial charge in [-0.25, -0.2) is 0 Å². The van der Waals surface area contributed by atoms with E-state index in [1.807, 2.05) is 0 Å². The average Bonchev–Trinajstić information content (AvgIpc) is 2.44. The highest BCUT2D eigenvalue weighted by Gasteiger charge is 2.26. The Kier molecular flexibility index (Phi) is 7.77. The minimum atomic E-state index is -0.733. The summed E-state index contributed by atoms with van der Waals surface area (Å²) in [6, 6.07) is 0. The van der Waals surface area contributed by atoms with E-state index < -0.39 is 23.8 Å². The molecule has 1 fully saturated rings. The molecule has 0 radical (unpaired) electrons. The SMILES string of the molecule is CC(=O)C1CCCCOC(=O)C(C(C)=O)CCCCOC1=O. The zero-order valence-corrected chi connectivity index (χ0v) is 13.3. The Morgan fingerprint density at radius 2 is 1.14 bits per heavy atom. The van der Waals surface area contributed by atoms with E-state index in [1.165, 1.54) is 13.8 Å². The maximum atomic E-state index is 11.9. The first kappa shape index (κ1) is 18.3. The Morgan fingerprint density at radius 1 is 0.773 bits per heavy atom. The number of hydrogen-bond donors (Lipinski definition) is 0. The minimum absolute atomic E-state index is 0.197. The largest absolute Gasteiger partial charge is 0.465 e. The highest BCUT2D eigenvalue weighted by molar-refractivity contribution is 5.98. The van der Waals surface area contributed by atoms with Crippen molar-refractivity contribution in [2.24, 2.45) is 11.8 Å². The molecule has 6 heteroatoms. The van der Waals surface area contributed by atoms with E-state index in [-0.39, 0.29) is 24.8 Å². The van der Waals surface area contributed by atoms with Gasteiger partial charge < -0.3 is 9.47 Å². The van der Waals surface area contributed by atoms with Gasteiger partial charge in [-0.1, -0.05) is 0 Å². The number of hydrogen-bond acceptors (Lipinski definition) is 6. The number of carbonyl (C=O) groups excluding carboxylic acids is 4. The molecule has 0 amide bonds. The molecular weight excluding hydrogens is 288 g/mol. The number of cyclic esters (lactones) is 2. The molecule has 1 aliphatic rings. The molecule has 0 aromatic carbocycles. The van der Waals surface area contributed by atoms with Crippen LogP contribution in [0.3, 0.4) is 0 Å². The first-order valence-corrected chi connectivity index (χ1v) is 7.77. The zero-order valence-electron chi connectivity index (χ0n) is 13.3. The third kappa shape index (κ3) is 5.95. The van der Waals surface area contributed by atoms with E-state index in [9.17, 15) is 19.2 Å². The van der Waals surface area contributed by atoms with Crippen molar-refractivity contribution in [3.63, 3.8) is 0 Å². The van der Waals surface area contributed by atoms with Crippen molar-refractivity contribution in [3.05, 3.63) is 0 Å². The van der Waals surface area contributed by atoms with Gasteiger partial charge in [0.2, 0.25) is 0 Å². The van der Waals surface area contributed by atoms with Crippen molar-refractivity contribution < 1.29 is 28.7 Å². The summed E-state index contributed by atoms with van der Waals surface area (Å²) in [4.78, 5) is 46.7. The summed E-state index contributed by atoms with van der Waals surface area (Å²) in [5.74, 6) is -2.84. The zero-order chi connectivity index (χ0) is 16.5. The number of esters is 2. The van der Waals surface area contributed by atoms with Gasteiger partial charge in [-0.05, 0) is 52.4 Å². The predicted octanol–water partition coefficient (Wildman–Crippen LogP) is 1.84. The van der Waals surface area contributed by atoms with Crippen LogP contribution in [0.1, 0.15) is 52.4 Å². The van der Waals surface area contributed by atoms with Crippen LogP contribution in [-0.4, -0.2) is 36.7 Å². The van der Waals surface area contributed by atoms with Gasteiger partial charge >= 0.3 is 11.9 Å². The maximum Gasteiger partial charge on any atom is 0.316 e. The van der Waals surface area contributed by atoms with Gasteiger partial charge in [0.25, 0.3) is 0 Å². The Balaban J connectivity index is 2.64. The van der Waals surface area contributed by atoms with E-state index in [0.717, 1.165) is 0 Å². The molecule has 2 atom stereocenters. The Morgan fingerprint density at radius 3 is 1.45 bits per heavy atom. The van der Waals surface area contributed by atoms with Crippen molar-refractivity contribution in [1.82, 2.24) is 0 Å². The summed E-state index contributed by atoms with van der Waals surface area (Å²) in [6.07, 6.45) is 3.04. The van der Waals surface area contributed by atoms with E-state index in [2.05, 4.69) is 0 Å². The number of carbonyl (C=O) groups is 4. The summed E-state index contributed by atoms with van der Waals surface area (Å²) in [5, 5.41) is 0. The molecular formula is C16H24O6. The van der Waals surface area contributed by atoms with Crippen LogP contribution in [0, 0.1) is 11.8 Å². The van der Waals surface area contributed by atoms with Crippen LogP contribution < -0.4 is 0 Å². The predicted molar refractivity (Wildman–Crippen MR) is 78.0 cm³/mol. The summed E-state index contributed by atoms with van der Waals surface area (Å²) >= 11 is 0. The first-order chi connectivity index (χ1) is 10.4. The van der Waals surface area contributed by atoms with E-state index in [1.54, 1.807) is 0 Å². The summed E-state index contributed by atoms with van der Waals surface area (Å²) < 4.78 is 10.2. The van der Waals surface area contributed by atoms with Gasteiger partial charge in [-0.3, -0.25) is 19.2 Å².